The summed E-state index contributed by atoms with van der Waals surface area (Å²) >= 11 is 0. The van der Waals surface area contributed by atoms with Crippen LogP contribution in [-0.4, -0.2) is 36.4 Å². The summed E-state index contributed by atoms with van der Waals surface area (Å²) in [6.07, 6.45) is 0. The van der Waals surface area contributed by atoms with Gasteiger partial charge in [-0.2, -0.15) is 0 Å². The topological polar surface area (TPSA) is 137 Å². The molecule has 0 aliphatic carbocycles. The predicted octanol–water partition coefficient (Wildman–Crippen LogP) is 2.67. The van der Waals surface area contributed by atoms with E-state index in [1.165, 1.54) is 45.2 Å². The van der Waals surface area contributed by atoms with E-state index in [-0.39, 0.29) is 28.4 Å². The summed E-state index contributed by atoms with van der Waals surface area (Å²) in [7, 11) is 1.41. The number of esters is 1. The third kappa shape index (κ3) is 5.51. The van der Waals surface area contributed by atoms with Gasteiger partial charge in [-0.15, -0.1) is 0 Å². The van der Waals surface area contributed by atoms with Gasteiger partial charge in [0.2, 0.25) is 5.91 Å². The molecule has 0 aliphatic rings. The maximum Gasteiger partial charge on any atom is 0.339 e. The number of ether oxygens (including phenoxy) is 2. The Morgan fingerprint density at radius 3 is 2.48 bits per heavy atom. The number of nitro benzene ring substituents is 1. The smallest absolute Gasteiger partial charge is 0.339 e. The molecule has 0 radical (unpaired) electrons. The first-order valence-electron chi connectivity index (χ1n) is 8.39. The van der Waals surface area contributed by atoms with Crippen LogP contribution in [0.2, 0.25) is 0 Å². The Labute approximate surface area is 166 Å². The largest absolute Gasteiger partial charge is 0.495 e. The van der Waals surface area contributed by atoms with E-state index < -0.39 is 23.4 Å². The highest BCUT2D eigenvalue weighted by Crippen LogP contribution is 2.28. The summed E-state index contributed by atoms with van der Waals surface area (Å²) in [4.78, 5) is 45.9. The summed E-state index contributed by atoms with van der Waals surface area (Å²) in [5, 5.41) is 16.1. The maximum atomic E-state index is 12.2. The third-order valence-corrected chi connectivity index (χ3v) is 3.85. The van der Waals surface area contributed by atoms with Crippen LogP contribution in [0.4, 0.5) is 17.1 Å². The number of amides is 2. The maximum absolute atomic E-state index is 12.2. The fraction of sp³-hybridized carbons (Fsp3) is 0.211. The molecule has 0 unspecified atom stereocenters. The highest BCUT2D eigenvalue weighted by atomic mass is 16.6. The van der Waals surface area contributed by atoms with E-state index in [4.69, 9.17) is 9.47 Å². The normalized spacial score (nSPS) is 10.0. The van der Waals surface area contributed by atoms with Crippen molar-refractivity contribution >= 4 is 34.8 Å². The quantitative estimate of drug-likeness (QED) is 0.413. The van der Waals surface area contributed by atoms with Gasteiger partial charge in [0.25, 0.3) is 11.6 Å². The monoisotopic (exact) mass is 401 g/mol. The standard InChI is InChI=1S/C19H19N3O7/c1-11-14(5-4-6-16(11)22(26)27)19(25)29-10-18(24)21-15-9-13(20-12(2)23)7-8-17(15)28-3/h4-9H,10H2,1-3H3,(H,20,23)(H,21,24). The predicted molar refractivity (Wildman–Crippen MR) is 104 cm³/mol. The number of anilines is 2. The second kappa shape index (κ2) is 9.31. The molecule has 2 aromatic carbocycles. The second-order valence-corrected chi connectivity index (χ2v) is 5.93. The lowest BCUT2D eigenvalue weighted by molar-refractivity contribution is -0.385. The van der Waals surface area contributed by atoms with Gasteiger partial charge in [0.05, 0.1) is 23.3 Å². The molecule has 2 amide bonds. The number of rotatable bonds is 7. The van der Waals surface area contributed by atoms with Crippen molar-refractivity contribution in [3.63, 3.8) is 0 Å². The average Bonchev–Trinajstić information content (AvgIpc) is 2.66. The van der Waals surface area contributed by atoms with Gasteiger partial charge in [-0.3, -0.25) is 19.7 Å². The van der Waals surface area contributed by atoms with Crippen molar-refractivity contribution < 1.29 is 28.8 Å². The number of hydrogen-bond acceptors (Lipinski definition) is 7. The Morgan fingerprint density at radius 2 is 1.86 bits per heavy atom. The minimum atomic E-state index is -0.861. The van der Waals surface area contributed by atoms with Crippen LogP contribution < -0.4 is 15.4 Å². The van der Waals surface area contributed by atoms with Crippen molar-refractivity contribution in [1.29, 1.82) is 0 Å². The van der Waals surface area contributed by atoms with Crippen LogP contribution in [0.15, 0.2) is 36.4 Å². The molecule has 0 saturated heterocycles. The molecule has 0 heterocycles. The first-order chi connectivity index (χ1) is 13.7. The first-order valence-corrected chi connectivity index (χ1v) is 8.39. The number of nitrogens with zero attached hydrogens (tertiary/aromatic N) is 1. The zero-order valence-corrected chi connectivity index (χ0v) is 16.0. The van der Waals surface area contributed by atoms with Gasteiger partial charge in [-0.05, 0) is 31.2 Å². The second-order valence-electron chi connectivity index (χ2n) is 5.93. The van der Waals surface area contributed by atoms with Gasteiger partial charge in [0.15, 0.2) is 6.61 Å². The summed E-state index contributed by atoms with van der Waals surface area (Å²) in [5.74, 6) is -1.46. The Hall–Kier alpha value is -3.95. The average molecular weight is 401 g/mol. The highest BCUT2D eigenvalue weighted by molar-refractivity contribution is 5.98. The first kappa shape index (κ1) is 21.4. The van der Waals surface area contributed by atoms with Gasteiger partial charge < -0.3 is 20.1 Å². The Morgan fingerprint density at radius 1 is 1.14 bits per heavy atom. The van der Waals surface area contributed by atoms with Crippen molar-refractivity contribution in [2.75, 3.05) is 24.4 Å². The molecule has 0 saturated carbocycles. The third-order valence-electron chi connectivity index (χ3n) is 3.85. The molecule has 2 N–H and O–H groups in total. The van der Waals surface area contributed by atoms with Crippen LogP contribution in [0.3, 0.4) is 0 Å². The van der Waals surface area contributed by atoms with Crippen LogP contribution in [0.1, 0.15) is 22.8 Å². The fourth-order valence-electron chi connectivity index (χ4n) is 2.52. The molecule has 29 heavy (non-hydrogen) atoms. The molecule has 0 atom stereocenters. The van der Waals surface area contributed by atoms with Gasteiger partial charge in [-0.1, -0.05) is 6.07 Å². The number of carbonyl (C=O) groups is 3. The molecule has 0 spiro atoms. The number of carbonyl (C=O) groups excluding carboxylic acids is 3. The lowest BCUT2D eigenvalue weighted by Gasteiger charge is -2.13. The van der Waals surface area contributed by atoms with E-state index in [0.29, 0.717) is 11.4 Å². The number of nitro groups is 1. The van der Waals surface area contributed by atoms with Crippen molar-refractivity contribution in [2.45, 2.75) is 13.8 Å². The Kier molecular flexibility index (Phi) is 6.85. The number of benzene rings is 2. The van der Waals surface area contributed by atoms with Gasteiger partial charge in [-0.25, -0.2) is 4.79 Å². The van der Waals surface area contributed by atoms with Crippen molar-refractivity contribution in [2.24, 2.45) is 0 Å². The zero-order valence-electron chi connectivity index (χ0n) is 16.0. The minimum Gasteiger partial charge on any atom is -0.495 e. The Balaban J connectivity index is 2.07. The van der Waals surface area contributed by atoms with E-state index in [9.17, 15) is 24.5 Å². The fourth-order valence-corrected chi connectivity index (χ4v) is 2.52. The Bertz CT molecular complexity index is 972. The summed E-state index contributed by atoms with van der Waals surface area (Å²) in [6.45, 7) is 2.15. The van der Waals surface area contributed by atoms with E-state index in [0.717, 1.165) is 0 Å². The van der Waals surface area contributed by atoms with Gasteiger partial charge >= 0.3 is 5.97 Å². The number of methoxy groups -OCH3 is 1. The molecule has 0 aromatic heterocycles. The summed E-state index contributed by atoms with van der Waals surface area (Å²) in [5.41, 5.74) is 0.636. The molecule has 152 valence electrons. The zero-order chi connectivity index (χ0) is 21.6. The molecule has 2 aromatic rings. The lowest BCUT2D eigenvalue weighted by Crippen LogP contribution is -2.21. The van der Waals surface area contributed by atoms with Crippen molar-refractivity contribution in [3.05, 3.63) is 57.6 Å². The van der Waals surface area contributed by atoms with E-state index in [1.807, 2.05) is 0 Å². The van der Waals surface area contributed by atoms with Crippen LogP contribution in [-0.2, 0) is 14.3 Å². The lowest BCUT2D eigenvalue weighted by atomic mass is 10.1. The van der Waals surface area contributed by atoms with Crippen LogP contribution in [0.5, 0.6) is 5.75 Å². The number of nitrogens with one attached hydrogen (secondary N) is 2. The SMILES string of the molecule is COc1ccc(NC(C)=O)cc1NC(=O)COC(=O)c1cccc([N+](=O)[O-])c1C. The van der Waals surface area contributed by atoms with E-state index in [1.54, 1.807) is 12.1 Å². The summed E-state index contributed by atoms with van der Waals surface area (Å²) < 4.78 is 10.1. The molecular weight excluding hydrogens is 382 g/mol. The summed E-state index contributed by atoms with van der Waals surface area (Å²) in [6, 6.07) is 8.65. The van der Waals surface area contributed by atoms with Crippen LogP contribution in [0, 0.1) is 17.0 Å². The molecule has 0 fully saturated rings. The van der Waals surface area contributed by atoms with E-state index >= 15 is 0 Å². The highest BCUT2D eigenvalue weighted by Gasteiger charge is 2.20. The molecule has 10 heteroatoms. The molecule has 10 nitrogen and oxygen atoms in total. The minimum absolute atomic E-state index is 0.00256. The molecule has 2 rings (SSSR count). The van der Waals surface area contributed by atoms with Crippen molar-refractivity contribution in [3.8, 4) is 5.75 Å². The molecular formula is C19H19N3O7. The van der Waals surface area contributed by atoms with Gasteiger partial charge in [0, 0.05) is 24.2 Å². The van der Waals surface area contributed by atoms with Crippen molar-refractivity contribution in [1.82, 2.24) is 0 Å². The van der Waals surface area contributed by atoms with Gasteiger partial charge in [0.1, 0.15) is 5.75 Å². The van der Waals surface area contributed by atoms with Crippen LogP contribution in [0.25, 0.3) is 0 Å². The molecule has 0 aliphatic heterocycles. The van der Waals surface area contributed by atoms with Crippen LogP contribution >= 0.6 is 0 Å². The molecule has 0 bridgehead atoms. The number of hydrogen-bond donors (Lipinski definition) is 2. The van der Waals surface area contributed by atoms with E-state index in [2.05, 4.69) is 10.6 Å².